The van der Waals surface area contributed by atoms with Crippen LogP contribution in [-0.2, 0) is 11.3 Å². The molecule has 2 N–H and O–H groups in total. The van der Waals surface area contributed by atoms with Crippen LogP contribution in [0.4, 0.5) is 0 Å². The lowest BCUT2D eigenvalue weighted by Gasteiger charge is -2.20. The van der Waals surface area contributed by atoms with Crippen LogP contribution < -0.4 is 19.5 Å². The quantitative estimate of drug-likeness (QED) is 0.342. The molecule has 1 amide bonds. The van der Waals surface area contributed by atoms with Crippen molar-refractivity contribution in [2.45, 2.75) is 25.3 Å². The van der Waals surface area contributed by atoms with E-state index >= 15 is 0 Å². The maximum atomic E-state index is 13.0. The molecule has 0 saturated heterocycles. The summed E-state index contributed by atoms with van der Waals surface area (Å²) in [4.78, 5) is 13.0. The van der Waals surface area contributed by atoms with Gasteiger partial charge in [-0.1, -0.05) is 30.3 Å². The van der Waals surface area contributed by atoms with Gasteiger partial charge in [0.1, 0.15) is 11.5 Å². The molecule has 35 heavy (non-hydrogen) atoms. The number of aromatic nitrogens is 1. The molecule has 7 nitrogen and oxygen atoms in total. The number of amides is 1. The SMILES string of the molecule is COc1ccc(C(CC(=O)NCCCn2ccc3ccccc32)c2cc3c(cc2O)OCO3)cc1. The Bertz CT molecular complexity index is 1330. The number of nitrogens with one attached hydrogen (secondary N) is 1. The smallest absolute Gasteiger partial charge is 0.231 e. The van der Waals surface area contributed by atoms with E-state index in [1.54, 1.807) is 19.2 Å². The number of para-hydroxylation sites is 1. The summed E-state index contributed by atoms with van der Waals surface area (Å²) in [5, 5.41) is 15.0. The Morgan fingerprint density at radius 3 is 2.66 bits per heavy atom. The molecule has 1 atom stereocenters. The molecule has 0 bridgehead atoms. The van der Waals surface area contributed by atoms with Crippen LogP contribution in [0.2, 0.25) is 0 Å². The van der Waals surface area contributed by atoms with Crippen molar-refractivity contribution in [2.75, 3.05) is 20.4 Å². The predicted molar refractivity (Wildman–Crippen MR) is 133 cm³/mol. The zero-order valence-corrected chi connectivity index (χ0v) is 19.6. The predicted octanol–water partition coefficient (Wildman–Crippen LogP) is 4.81. The molecule has 2 heterocycles. The van der Waals surface area contributed by atoms with Gasteiger partial charge in [0.15, 0.2) is 11.5 Å². The lowest BCUT2D eigenvalue weighted by molar-refractivity contribution is -0.121. The van der Waals surface area contributed by atoms with Gasteiger partial charge in [0.2, 0.25) is 12.7 Å². The van der Waals surface area contributed by atoms with Crippen molar-refractivity contribution in [2.24, 2.45) is 0 Å². The monoisotopic (exact) mass is 472 g/mol. The van der Waals surface area contributed by atoms with Gasteiger partial charge in [-0.25, -0.2) is 0 Å². The van der Waals surface area contributed by atoms with E-state index in [9.17, 15) is 9.90 Å². The summed E-state index contributed by atoms with van der Waals surface area (Å²) >= 11 is 0. The maximum absolute atomic E-state index is 13.0. The second-order valence-electron chi connectivity index (χ2n) is 8.57. The minimum atomic E-state index is -0.358. The molecular formula is C28H28N2O5. The van der Waals surface area contributed by atoms with E-state index in [1.165, 1.54) is 10.9 Å². The highest BCUT2D eigenvalue weighted by Crippen LogP contribution is 2.43. The number of methoxy groups -OCH3 is 1. The molecule has 7 heteroatoms. The molecule has 1 unspecified atom stereocenters. The highest BCUT2D eigenvalue weighted by atomic mass is 16.7. The summed E-state index contributed by atoms with van der Waals surface area (Å²) < 4.78 is 18.4. The number of hydrogen-bond acceptors (Lipinski definition) is 5. The molecule has 0 fully saturated rings. The van der Waals surface area contributed by atoms with E-state index in [2.05, 4.69) is 34.3 Å². The van der Waals surface area contributed by atoms with Crippen LogP contribution >= 0.6 is 0 Å². The third-order valence-electron chi connectivity index (χ3n) is 6.38. The van der Waals surface area contributed by atoms with Gasteiger partial charge in [-0.05, 0) is 47.7 Å². The Labute approximate surface area is 203 Å². The number of carbonyl (C=O) groups is 1. The fourth-order valence-electron chi connectivity index (χ4n) is 4.54. The average Bonchev–Trinajstić information content (AvgIpc) is 3.51. The van der Waals surface area contributed by atoms with Gasteiger partial charge in [0.25, 0.3) is 0 Å². The average molecular weight is 473 g/mol. The van der Waals surface area contributed by atoms with Crippen molar-refractivity contribution in [3.05, 3.63) is 84.1 Å². The first-order chi connectivity index (χ1) is 17.1. The molecule has 4 aromatic rings. The Kier molecular flexibility index (Phi) is 6.48. The highest BCUT2D eigenvalue weighted by Gasteiger charge is 2.25. The third kappa shape index (κ3) is 4.89. The Balaban J connectivity index is 1.27. The van der Waals surface area contributed by atoms with Gasteiger partial charge in [-0.15, -0.1) is 0 Å². The molecule has 3 aromatic carbocycles. The van der Waals surface area contributed by atoms with Crippen LogP contribution in [0.1, 0.15) is 29.9 Å². The lowest BCUT2D eigenvalue weighted by Crippen LogP contribution is -2.27. The van der Waals surface area contributed by atoms with E-state index in [0.29, 0.717) is 23.6 Å². The van der Waals surface area contributed by atoms with E-state index in [4.69, 9.17) is 14.2 Å². The fraction of sp³-hybridized carbons (Fsp3) is 0.250. The number of ether oxygens (including phenoxy) is 3. The van der Waals surface area contributed by atoms with Crippen molar-refractivity contribution in [1.82, 2.24) is 9.88 Å². The summed E-state index contributed by atoms with van der Waals surface area (Å²) in [5.74, 6) is 1.42. The molecule has 5 rings (SSSR count). The van der Waals surface area contributed by atoms with Gasteiger partial charge in [0.05, 0.1) is 7.11 Å². The summed E-state index contributed by atoms with van der Waals surface area (Å²) in [7, 11) is 1.61. The lowest BCUT2D eigenvalue weighted by atomic mass is 9.87. The first kappa shape index (κ1) is 22.7. The molecule has 1 aliphatic heterocycles. The van der Waals surface area contributed by atoms with Crippen molar-refractivity contribution < 1.29 is 24.1 Å². The third-order valence-corrected chi connectivity index (χ3v) is 6.38. The Morgan fingerprint density at radius 2 is 1.86 bits per heavy atom. The zero-order valence-electron chi connectivity index (χ0n) is 19.6. The van der Waals surface area contributed by atoms with Crippen LogP contribution in [0.5, 0.6) is 23.0 Å². The number of nitrogens with zero attached hydrogens (tertiary/aromatic N) is 1. The maximum Gasteiger partial charge on any atom is 0.231 e. The van der Waals surface area contributed by atoms with Gasteiger partial charge >= 0.3 is 0 Å². The second kappa shape index (κ2) is 10.0. The van der Waals surface area contributed by atoms with Gasteiger partial charge in [-0.3, -0.25) is 4.79 Å². The van der Waals surface area contributed by atoms with E-state index in [1.807, 2.05) is 36.4 Å². The van der Waals surface area contributed by atoms with Crippen LogP contribution in [0.15, 0.2) is 72.9 Å². The van der Waals surface area contributed by atoms with Gasteiger partial charge in [-0.2, -0.15) is 0 Å². The standard InChI is InChI=1S/C28H28N2O5/c1-33-21-9-7-19(8-10-21)22(23-15-26-27(17-25(23)31)35-18-34-26)16-28(32)29-12-4-13-30-14-11-20-5-2-3-6-24(20)30/h2-3,5-11,14-15,17,22,31H,4,12-13,16,18H2,1H3,(H,29,32). The Hall–Kier alpha value is -4.13. The van der Waals surface area contributed by atoms with Gasteiger partial charge < -0.3 is 29.2 Å². The van der Waals surface area contributed by atoms with E-state index in [0.717, 1.165) is 24.3 Å². The zero-order chi connectivity index (χ0) is 24.2. The van der Waals surface area contributed by atoms with Crippen molar-refractivity contribution in [1.29, 1.82) is 0 Å². The number of aromatic hydroxyl groups is 1. The highest BCUT2D eigenvalue weighted by molar-refractivity contribution is 5.80. The largest absolute Gasteiger partial charge is 0.508 e. The number of rotatable bonds is 9. The van der Waals surface area contributed by atoms with Crippen LogP contribution in [0.25, 0.3) is 10.9 Å². The summed E-state index contributed by atoms with van der Waals surface area (Å²) in [6, 6.07) is 21.2. The first-order valence-electron chi connectivity index (χ1n) is 11.7. The molecule has 180 valence electrons. The molecule has 0 saturated carbocycles. The molecule has 0 spiro atoms. The number of benzene rings is 3. The Morgan fingerprint density at radius 1 is 1.09 bits per heavy atom. The number of hydrogen-bond donors (Lipinski definition) is 2. The van der Waals surface area contributed by atoms with Gasteiger partial charge in [0, 0.05) is 48.8 Å². The van der Waals surface area contributed by atoms with Crippen LogP contribution in [0.3, 0.4) is 0 Å². The topological polar surface area (TPSA) is 82.0 Å². The number of fused-ring (bicyclic) bond motifs is 2. The number of carbonyl (C=O) groups excluding carboxylic acids is 1. The second-order valence-corrected chi connectivity index (χ2v) is 8.57. The van der Waals surface area contributed by atoms with Crippen LogP contribution in [0, 0.1) is 0 Å². The van der Waals surface area contributed by atoms with Crippen molar-refractivity contribution in [3.63, 3.8) is 0 Å². The number of phenols is 1. The molecule has 1 aromatic heterocycles. The molecule has 1 aliphatic rings. The minimum absolute atomic E-state index is 0.0716. The van der Waals surface area contributed by atoms with E-state index in [-0.39, 0.29) is 30.8 Å². The number of phenolic OH excluding ortho intramolecular Hbond substituents is 1. The number of aryl methyl sites for hydroxylation is 1. The fourth-order valence-corrected chi connectivity index (χ4v) is 4.54. The minimum Gasteiger partial charge on any atom is -0.508 e. The van der Waals surface area contributed by atoms with E-state index < -0.39 is 0 Å². The van der Waals surface area contributed by atoms with Crippen molar-refractivity contribution >= 4 is 16.8 Å². The summed E-state index contributed by atoms with van der Waals surface area (Å²) in [6.07, 6.45) is 3.08. The van der Waals surface area contributed by atoms with Crippen LogP contribution in [-0.4, -0.2) is 36.0 Å². The first-order valence-corrected chi connectivity index (χ1v) is 11.7. The van der Waals surface area contributed by atoms with Crippen molar-refractivity contribution in [3.8, 4) is 23.0 Å². The normalized spacial score (nSPS) is 13.1. The summed E-state index contributed by atoms with van der Waals surface area (Å²) in [6.45, 7) is 1.50. The molecular weight excluding hydrogens is 444 g/mol. The molecule has 0 radical (unpaired) electrons. The summed E-state index contributed by atoms with van der Waals surface area (Å²) in [5.41, 5.74) is 2.71. The molecule has 0 aliphatic carbocycles.